The Morgan fingerprint density at radius 2 is 0.900 bits per heavy atom. The lowest BCUT2D eigenvalue weighted by Gasteiger charge is -2.27. The molecule has 0 aliphatic heterocycles. The van der Waals surface area contributed by atoms with Gasteiger partial charge in [0.05, 0.1) is 0 Å². The van der Waals surface area contributed by atoms with E-state index in [1.807, 2.05) is 0 Å². The Hall–Kier alpha value is 1.45. The zero-order valence-electron chi connectivity index (χ0n) is 12.4. The van der Waals surface area contributed by atoms with Crippen LogP contribution in [-0.2, 0) is 0 Å². The van der Waals surface area contributed by atoms with Gasteiger partial charge in [-0.2, -0.15) is 0 Å². The zero-order valence-corrected chi connectivity index (χ0v) is 16.2. The minimum Gasteiger partial charge on any atom is -0.0969 e. The zero-order chi connectivity index (χ0) is 15.5. The molecule has 0 aliphatic rings. The lowest BCUT2D eigenvalue weighted by atomic mass is 10.0. The van der Waals surface area contributed by atoms with E-state index < -0.39 is 8.13 Å². The predicted molar refractivity (Wildman–Crippen MR) is 95.8 cm³/mol. The Morgan fingerprint density at radius 3 is 1.25 bits per heavy atom. The summed E-state index contributed by atoms with van der Waals surface area (Å²) >= 11 is 29.2. The van der Waals surface area contributed by atoms with E-state index in [-0.39, 0.29) is 0 Å². The van der Waals surface area contributed by atoms with Crippen molar-refractivity contribution in [2.45, 2.75) is 92.1 Å². The molecule has 5 heteroatoms. The molecule has 0 saturated carbocycles. The highest BCUT2D eigenvalue weighted by Gasteiger charge is 2.44. The van der Waals surface area contributed by atoms with Gasteiger partial charge in [0.25, 0.3) is 0 Å². The number of unbranched alkanes of at least 4 members (excludes halogenated alkanes) is 10. The van der Waals surface area contributed by atoms with Crippen LogP contribution in [0, 0.1) is 0 Å². The van der Waals surface area contributed by atoms with Crippen molar-refractivity contribution in [1.82, 2.24) is 0 Å². The van der Waals surface area contributed by atoms with Gasteiger partial charge in [-0.05, 0) is 6.42 Å². The summed E-state index contributed by atoms with van der Waals surface area (Å²) in [4.78, 5) is 0. The van der Waals surface area contributed by atoms with Crippen molar-refractivity contribution >= 4 is 58.0 Å². The van der Waals surface area contributed by atoms with Gasteiger partial charge < -0.3 is 0 Å². The topological polar surface area (TPSA) is 0 Å². The van der Waals surface area contributed by atoms with Gasteiger partial charge in [-0.15, -0.1) is 0 Å². The Labute approximate surface area is 149 Å². The first-order valence-corrected chi connectivity index (χ1v) is 9.65. The molecule has 20 heavy (non-hydrogen) atoms. The third kappa shape index (κ3) is 11.1. The van der Waals surface area contributed by atoms with Crippen molar-refractivity contribution in [2.24, 2.45) is 0 Å². The average Bonchev–Trinajstić information content (AvgIpc) is 2.34. The van der Waals surface area contributed by atoms with Crippen LogP contribution >= 0.6 is 58.0 Å². The fourth-order valence-electron chi connectivity index (χ4n) is 2.15. The lowest BCUT2D eigenvalue weighted by Crippen LogP contribution is -2.30. The maximum Gasteiger partial charge on any atom is 0.223 e. The van der Waals surface area contributed by atoms with E-state index >= 15 is 0 Å². The second-order valence-corrected chi connectivity index (χ2v) is 9.25. The molecule has 0 atom stereocenters. The first-order chi connectivity index (χ1) is 9.31. The molecular weight excluding hydrogens is 357 g/mol. The second-order valence-electron chi connectivity index (χ2n) is 5.49. The Morgan fingerprint density at radius 1 is 0.550 bits per heavy atom. The van der Waals surface area contributed by atoms with E-state index in [9.17, 15) is 0 Å². The molecule has 0 aromatic carbocycles. The standard InChI is InChI=1S/C15H27Cl5/c1-2-3-4-5-6-7-8-9-10-11-12-13-14(16,17)15(18,19)20/h2-13H2,1H3. The van der Waals surface area contributed by atoms with Crippen LogP contribution in [0.3, 0.4) is 0 Å². The van der Waals surface area contributed by atoms with E-state index in [0.29, 0.717) is 6.42 Å². The van der Waals surface area contributed by atoms with Crippen molar-refractivity contribution in [3.63, 3.8) is 0 Å². The summed E-state index contributed by atoms with van der Waals surface area (Å²) in [6.45, 7) is 2.25. The molecule has 0 rings (SSSR count). The average molecular weight is 385 g/mol. The van der Waals surface area contributed by atoms with Crippen molar-refractivity contribution in [1.29, 1.82) is 0 Å². The highest BCUT2D eigenvalue weighted by Crippen LogP contribution is 2.48. The summed E-state index contributed by atoms with van der Waals surface area (Å²) in [7, 11) is 0. The van der Waals surface area contributed by atoms with Crippen LogP contribution in [0.4, 0.5) is 0 Å². The summed E-state index contributed by atoms with van der Waals surface area (Å²) < 4.78 is -2.90. The van der Waals surface area contributed by atoms with Gasteiger partial charge in [0.2, 0.25) is 3.79 Å². The molecule has 0 fully saturated rings. The van der Waals surface area contributed by atoms with E-state index in [4.69, 9.17) is 58.0 Å². The third-order valence-electron chi connectivity index (χ3n) is 3.51. The van der Waals surface area contributed by atoms with Crippen LogP contribution < -0.4 is 0 Å². The van der Waals surface area contributed by atoms with Gasteiger partial charge >= 0.3 is 0 Å². The molecule has 0 bridgehead atoms. The highest BCUT2D eigenvalue weighted by molar-refractivity contribution is 6.75. The van der Waals surface area contributed by atoms with E-state index in [2.05, 4.69) is 6.92 Å². The Bertz CT molecular complexity index is 223. The molecule has 0 radical (unpaired) electrons. The Balaban J connectivity index is 3.33. The predicted octanol–water partition coefficient (Wildman–Crippen LogP) is 8.23. The molecular formula is C15H27Cl5. The van der Waals surface area contributed by atoms with E-state index in [1.165, 1.54) is 57.8 Å². The number of hydrogen-bond acceptors (Lipinski definition) is 0. The number of halogens is 5. The van der Waals surface area contributed by atoms with Crippen molar-refractivity contribution in [3.05, 3.63) is 0 Å². The molecule has 0 aliphatic carbocycles. The van der Waals surface area contributed by atoms with Gasteiger partial charge in [0.1, 0.15) is 0 Å². The van der Waals surface area contributed by atoms with E-state index in [0.717, 1.165) is 12.8 Å². The van der Waals surface area contributed by atoms with Crippen LogP contribution in [-0.4, -0.2) is 8.13 Å². The molecule has 0 aromatic rings. The van der Waals surface area contributed by atoms with Gasteiger partial charge in [-0.1, -0.05) is 136 Å². The largest absolute Gasteiger partial charge is 0.223 e. The summed E-state index contributed by atoms with van der Waals surface area (Å²) in [5.41, 5.74) is 0. The normalized spacial score (nSPS) is 12.9. The van der Waals surface area contributed by atoms with Crippen molar-refractivity contribution < 1.29 is 0 Å². The molecule has 0 N–H and O–H groups in total. The first-order valence-electron chi connectivity index (χ1n) is 7.76. The minimum absolute atomic E-state index is 0.517. The van der Waals surface area contributed by atoms with Crippen molar-refractivity contribution in [3.8, 4) is 0 Å². The quantitative estimate of drug-likeness (QED) is 0.235. The third-order valence-corrected chi connectivity index (χ3v) is 6.00. The van der Waals surface area contributed by atoms with Gasteiger partial charge in [0.15, 0.2) is 4.33 Å². The number of rotatable bonds is 12. The molecule has 122 valence electrons. The van der Waals surface area contributed by atoms with Crippen LogP contribution in [0.25, 0.3) is 0 Å². The fourth-order valence-corrected chi connectivity index (χ4v) is 2.70. The van der Waals surface area contributed by atoms with Crippen LogP contribution in [0.15, 0.2) is 0 Å². The maximum absolute atomic E-state index is 6.00. The molecule has 0 unspecified atom stereocenters. The van der Waals surface area contributed by atoms with Crippen LogP contribution in [0.1, 0.15) is 84.0 Å². The van der Waals surface area contributed by atoms with Crippen molar-refractivity contribution in [2.75, 3.05) is 0 Å². The molecule has 0 heterocycles. The second kappa shape index (κ2) is 11.9. The molecule has 0 saturated heterocycles. The summed E-state index contributed by atoms with van der Waals surface area (Å²) in [6.07, 6.45) is 14.5. The number of hydrogen-bond donors (Lipinski definition) is 0. The number of alkyl halides is 5. The first kappa shape index (κ1) is 21.4. The summed E-state index contributed by atoms with van der Waals surface area (Å²) in [6, 6.07) is 0. The van der Waals surface area contributed by atoms with Crippen LogP contribution in [0.2, 0.25) is 0 Å². The SMILES string of the molecule is CCCCCCCCCCCCCC(Cl)(Cl)C(Cl)(Cl)Cl. The smallest absolute Gasteiger partial charge is 0.0969 e. The lowest BCUT2D eigenvalue weighted by molar-refractivity contribution is 0.535. The molecule has 0 spiro atoms. The van der Waals surface area contributed by atoms with Gasteiger partial charge in [-0.3, -0.25) is 0 Å². The maximum atomic E-state index is 6.00. The fraction of sp³-hybridized carbons (Fsp3) is 1.00. The highest BCUT2D eigenvalue weighted by atomic mass is 35.6. The summed E-state index contributed by atoms with van der Waals surface area (Å²) in [5.74, 6) is 0. The molecule has 0 nitrogen and oxygen atoms in total. The summed E-state index contributed by atoms with van der Waals surface area (Å²) in [5, 5.41) is 0. The Kier molecular flexibility index (Phi) is 12.8. The molecule has 0 amide bonds. The molecule has 0 aromatic heterocycles. The monoisotopic (exact) mass is 382 g/mol. The van der Waals surface area contributed by atoms with Gasteiger partial charge in [-0.25, -0.2) is 0 Å². The van der Waals surface area contributed by atoms with Crippen LogP contribution in [0.5, 0.6) is 0 Å². The minimum atomic E-state index is -1.62. The van der Waals surface area contributed by atoms with Gasteiger partial charge in [0, 0.05) is 0 Å². The van der Waals surface area contributed by atoms with E-state index in [1.54, 1.807) is 0 Å².